The number of nitrogens with zero attached hydrogens (tertiary/aromatic N) is 4. The molecule has 2 aromatic heterocycles. The third-order valence-corrected chi connectivity index (χ3v) is 8.43. The van der Waals surface area contributed by atoms with E-state index in [1.165, 1.54) is 11.3 Å². The number of anilines is 3. The van der Waals surface area contributed by atoms with Crippen molar-refractivity contribution in [3.63, 3.8) is 0 Å². The Morgan fingerprint density at radius 3 is 2.67 bits per heavy atom. The Morgan fingerprint density at radius 1 is 1.10 bits per heavy atom. The third-order valence-electron chi connectivity index (χ3n) is 7.14. The molecule has 0 saturated carbocycles. The Kier molecular flexibility index (Phi) is 7.20. The summed E-state index contributed by atoms with van der Waals surface area (Å²) < 4.78 is 1.68. The number of fused-ring (bicyclic) bond motifs is 1. The predicted molar refractivity (Wildman–Crippen MR) is 163 cm³/mol. The molecule has 200 valence electrons. The second kappa shape index (κ2) is 10.9. The number of nitrogens with one attached hydrogen (secondary N) is 3. The molecule has 2 aliphatic heterocycles. The van der Waals surface area contributed by atoms with Crippen molar-refractivity contribution in [2.75, 3.05) is 42.3 Å². The van der Waals surface area contributed by atoms with Crippen molar-refractivity contribution in [3.05, 3.63) is 81.4 Å². The molecule has 0 amide bonds. The lowest BCUT2D eigenvalue weighted by molar-refractivity contribution is 0.588. The van der Waals surface area contributed by atoms with E-state index >= 15 is 0 Å². The summed E-state index contributed by atoms with van der Waals surface area (Å²) in [4.78, 5) is 26.4. The third kappa shape index (κ3) is 5.09. The summed E-state index contributed by atoms with van der Waals surface area (Å²) in [5, 5.41) is 11.2. The van der Waals surface area contributed by atoms with Gasteiger partial charge in [0.2, 0.25) is 5.95 Å². The SMILES string of the molecule is CCn1c(=O)c(-c2ccc(C3=CNCS3)cc2Cl)cc2cnc(Nc3ccc(N4CCNCC4)c(C)c3)nc21. The van der Waals surface area contributed by atoms with Crippen molar-refractivity contribution in [1.82, 2.24) is 25.2 Å². The molecule has 0 spiro atoms. The Balaban J connectivity index is 1.31. The minimum Gasteiger partial charge on any atom is -0.381 e. The van der Waals surface area contributed by atoms with E-state index in [0.717, 1.165) is 53.6 Å². The van der Waals surface area contributed by atoms with E-state index in [1.54, 1.807) is 22.5 Å². The van der Waals surface area contributed by atoms with Crippen LogP contribution in [-0.4, -0.2) is 46.6 Å². The monoisotopic (exact) mass is 559 g/mol. The van der Waals surface area contributed by atoms with Crippen LogP contribution < -0.4 is 26.4 Å². The van der Waals surface area contributed by atoms with Crippen LogP contribution in [0.1, 0.15) is 18.1 Å². The van der Waals surface area contributed by atoms with E-state index in [1.807, 2.05) is 37.4 Å². The van der Waals surface area contributed by atoms with Crippen LogP contribution in [0.3, 0.4) is 0 Å². The number of piperazine rings is 1. The fourth-order valence-electron chi connectivity index (χ4n) is 5.18. The molecule has 6 rings (SSSR count). The van der Waals surface area contributed by atoms with Gasteiger partial charge in [-0.05, 0) is 55.3 Å². The van der Waals surface area contributed by atoms with Gasteiger partial charge in [0.15, 0.2) is 0 Å². The molecule has 0 atom stereocenters. The average Bonchev–Trinajstić information content (AvgIpc) is 3.49. The van der Waals surface area contributed by atoms with Crippen LogP contribution in [0.5, 0.6) is 0 Å². The molecular weight excluding hydrogens is 530 g/mol. The largest absolute Gasteiger partial charge is 0.381 e. The smallest absolute Gasteiger partial charge is 0.260 e. The molecule has 2 aliphatic rings. The zero-order chi connectivity index (χ0) is 26.9. The number of aryl methyl sites for hydroxylation is 2. The maximum Gasteiger partial charge on any atom is 0.260 e. The average molecular weight is 560 g/mol. The number of rotatable bonds is 6. The van der Waals surface area contributed by atoms with Gasteiger partial charge in [-0.15, -0.1) is 11.8 Å². The lowest BCUT2D eigenvalue weighted by Crippen LogP contribution is -2.43. The summed E-state index contributed by atoms with van der Waals surface area (Å²) in [5.74, 6) is 1.29. The molecular formula is C29H30ClN7OS. The van der Waals surface area contributed by atoms with Crippen LogP contribution in [0.4, 0.5) is 17.3 Å². The molecule has 4 aromatic rings. The van der Waals surface area contributed by atoms with E-state index in [-0.39, 0.29) is 5.56 Å². The van der Waals surface area contributed by atoms with Crippen LogP contribution >= 0.6 is 23.4 Å². The van der Waals surface area contributed by atoms with Gasteiger partial charge >= 0.3 is 0 Å². The van der Waals surface area contributed by atoms with Crippen molar-refractivity contribution in [2.24, 2.45) is 0 Å². The number of hydrogen-bond acceptors (Lipinski definition) is 8. The fraction of sp³-hybridized carbons (Fsp3) is 0.276. The van der Waals surface area contributed by atoms with Crippen LogP contribution in [0.15, 0.2) is 59.7 Å². The van der Waals surface area contributed by atoms with Gasteiger partial charge in [-0.2, -0.15) is 4.98 Å². The topological polar surface area (TPSA) is 87.1 Å². The van der Waals surface area contributed by atoms with Crippen LogP contribution in [0.25, 0.3) is 27.1 Å². The van der Waals surface area contributed by atoms with E-state index < -0.39 is 0 Å². The number of thioether (sulfide) groups is 1. The Morgan fingerprint density at radius 2 is 1.95 bits per heavy atom. The molecule has 1 fully saturated rings. The molecule has 2 aromatic carbocycles. The minimum absolute atomic E-state index is 0.128. The molecule has 0 bridgehead atoms. The van der Waals surface area contributed by atoms with Crippen molar-refractivity contribution in [2.45, 2.75) is 20.4 Å². The van der Waals surface area contributed by atoms with Gasteiger partial charge in [0, 0.05) is 82.9 Å². The molecule has 39 heavy (non-hydrogen) atoms. The predicted octanol–water partition coefficient (Wildman–Crippen LogP) is 5.19. The van der Waals surface area contributed by atoms with Gasteiger partial charge in [-0.1, -0.05) is 23.7 Å². The van der Waals surface area contributed by atoms with Gasteiger partial charge < -0.3 is 20.9 Å². The second-order valence-corrected chi connectivity index (χ2v) is 11.1. The number of pyridine rings is 1. The zero-order valence-electron chi connectivity index (χ0n) is 21.9. The summed E-state index contributed by atoms with van der Waals surface area (Å²) in [6.07, 6.45) is 3.75. The molecule has 3 N–H and O–H groups in total. The molecule has 1 saturated heterocycles. The minimum atomic E-state index is -0.128. The first-order valence-electron chi connectivity index (χ1n) is 13.1. The van der Waals surface area contributed by atoms with E-state index in [9.17, 15) is 4.79 Å². The number of halogens is 1. The highest BCUT2D eigenvalue weighted by Crippen LogP contribution is 2.35. The number of hydrogen-bond donors (Lipinski definition) is 3. The second-order valence-electron chi connectivity index (χ2n) is 9.64. The molecule has 10 heteroatoms. The first-order valence-corrected chi connectivity index (χ1v) is 14.5. The summed E-state index contributed by atoms with van der Waals surface area (Å²) in [7, 11) is 0. The quantitative estimate of drug-likeness (QED) is 0.298. The highest BCUT2D eigenvalue weighted by molar-refractivity contribution is 8.08. The van der Waals surface area contributed by atoms with Crippen LogP contribution in [-0.2, 0) is 6.54 Å². The molecule has 0 radical (unpaired) electrons. The standard InChI is InChI=1S/C29H30ClN7OS/c1-3-37-27-20(13-23(28(37)38)22-6-4-19(14-24(22)30)26-16-32-17-39-26)15-33-29(35-27)34-21-5-7-25(18(2)12-21)36-10-8-31-9-11-36/h4-7,12-16,31-32H,3,8-11,17H2,1-2H3,(H,33,34,35). The van der Waals surface area contributed by atoms with Gasteiger partial charge in [0.25, 0.3) is 5.56 Å². The summed E-state index contributed by atoms with van der Waals surface area (Å²) in [6.45, 7) is 8.54. The highest BCUT2D eigenvalue weighted by Gasteiger charge is 2.17. The summed E-state index contributed by atoms with van der Waals surface area (Å²) >= 11 is 8.42. The fourth-order valence-corrected chi connectivity index (χ4v) is 6.24. The maximum absolute atomic E-state index is 13.6. The van der Waals surface area contributed by atoms with Gasteiger partial charge in [0.1, 0.15) is 5.65 Å². The molecule has 4 heterocycles. The van der Waals surface area contributed by atoms with Crippen LogP contribution in [0.2, 0.25) is 5.02 Å². The van der Waals surface area contributed by atoms with Crippen molar-refractivity contribution in [3.8, 4) is 11.1 Å². The Labute approximate surface area is 236 Å². The first kappa shape index (κ1) is 25.7. The van der Waals surface area contributed by atoms with Crippen molar-refractivity contribution in [1.29, 1.82) is 0 Å². The maximum atomic E-state index is 13.6. The molecule has 0 unspecified atom stereocenters. The number of aromatic nitrogens is 3. The van der Waals surface area contributed by atoms with E-state index in [4.69, 9.17) is 16.6 Å². The molecule has 8 nitrogen and oxygen atoms in total. The molecule has 0 aliphatic carbocycles. The van der Waals surface area contributed by atoms with Gasteiger partial charge in [-0.3, -0.25) is 9.36 Å². The van der Waals surface area contributed by atoms with E-state index in [0.29, 0.717) is 34.3 Å². The summed E-state index contributed by atoms with van der Waals surface area (Å²) in [6, 6.07) is 14.0. The zero-order valence-corrected chi connectivity index (χ0v) is 23.5. The Hall–Kier alpha value is -3.53. The normalized spacial score (nSPS) is 15.4. The van der Waals surface area contributed by atoms with Gasteiger partial charge in [-0.25, -0.2) is 4.98 Å². The highest BCUT2D eigenvalue weighted by atomic mass is 35.5. The summed E-state index contributed by atoms with van der Waals surface area (Å²) in [5.41, 5.74) is 6.08. The van der Waals surface area contributed by atoms with E-state index in [2.05, 4.69) is 51.0 Å². The van der Waals surface area contributed by atoms with Gasteiger partial charge in [0.05, 0.1) is 5.88 Å². The van der Waals surface area contributed by atoms with Crippen LogP contribution in [0, 0.1) is 6.92 Å². The lowest BCUT2D eigenvalue weighted by Gasteiger charge is -2.30. The lowest BCUT2D eigenvalue weighted by atomic mass is 10.0. The van der Waals surface area contributed by atoms with Crippen molar-refractivity contribution < 1.29 is 0 Å². The Bertz CT molecular complexity index is 1650. The first-order chi connectivity index (χ1) is 19.0. The van der Waals surface area contributed by atoms with Crippen molar-refractivity contribution >= 4 is 56.6 Å². The number of benzene rings is 2.